The smallest absolute Gasteiger partial charge is 0.379 e. The number of hydrogen-bond donors (Lipinski definition) is 0. The van der Waals surface area contributed by atoms with Crippen LogP contribution in [0.15, 0.2) is 42.7 Å². The van der Waals surface area contributed by atoms with E-state index < -0.39 is 10.2 Å². The number of nitrogens with zero attached hydrogens (tertiary/aromatic N) is 3. The van der Waals surface area contributed by atoms with E-state index in [4.69, 9.17) is 0 Å². The van der Waals surface area contributed by atoms with E-state index in [9.17, 15) is 8.42 Å². The summed E-state index contributed by atoms with van der Waals surface area (Å²) in [5.41, 5.74) is 0.893. The lowest BCUT2D eigenvalue weighted by Gasteiger charge is -2.10. The first-order valence-electron chi connectivity index (χ1n) is 7.07. The highest BCUT2D eigenvalue weighted by Gasteiger charge is 2.30. The van der Waals surface area contributed by atoms with Crippen LogP contribution in [0.1, 0.15) is 19.8 Å². The van der Waals surface area contributed by atoms with E-state index in [2.05, 4.69) is 6.92 Å². The van der Waals surface area contributed by atoms with Crippen LogP contribution >= 0.6 is 0 Å². The number of benzene rings is 1. The van der Waals surface area contributed by atoms with Gasteiger partial charge in [0, 0.05) is 14.1 Å². The molecule has 0 N–H and O–H groups in total. The molecule has 0 aliphatic heterocycles. The second-order valence-electron chi connectivity index (χ2n) is 5.12. The zero-order valence-corrected chi connectivity index (χ0v) is 14.7. The van der Waals surface area contributed by atoms with Gasteiger partial charge in [0.05, 0.1) is 12.1 Å². The molecule has 22 heavy (non-hydrogen) atoms. The molecule has 2 aromatic rings. The second kappa shape index (κ2) is 7.76. The Morgan fingerprint density at radius 2 is 1.82 bits per heavy atom. The molecule has 0 saturated carbocycles. The third-order valence-electron chi connectivity index (χ3n) is 3.36. The lowest BCUT2D eigenvalue weighted by atomic mass is 10.2. The molecule has 0 aliphatic carbocycles. The molecule has 0 radical (unpaired) electrons. The first-order chi connectivity index (χ1) is 9.98. The molecule has 0 unspecified atom stereocenters. The summed E-state index contributed by atoms with van der Waals surface area (Å²) in [5, 5.41) is 0. The predicted octanol–water partition coefficient (Wildman–Crippen LogP) is -1.10. The van der Waals surface area contributed by atoms with E-state index in [0.29, 0.717) is 5.82 Å². The molecular formula is C15H22ClN3O2S. The first-order valence-corrected chi connectivity index (χ1v) is 8.47. The number of hydrogen-bond acceptors (Lipinski definition) is 2. The van der Waals surface area contributed by atoms with Gasteiger partial charge in [-0.25, -0.2) is 4.57 Å². The Kier molecular flexibility index (Phi) is 6.59. The normalized spacial score (nSPS) is 11.5. The molecule has 0 saturated heterocycles. The summed E-state index contributed by atoms with van der Waals surface area (Å²) in [6.07, 6.45) is 5.52. The van der Waals surface area contributed by atoms with Crippen molar-refractivity contribution in [3.63, 3.8) is 0 Å². The fourth-order valence-electron chi connectivity index (χ4n) is 2.16. The van der Waals surface area contributed by atoms with Crippen LogP contribution in [0.2, 0.25) is 0 Å². The van der Waals surface area contributed by atoms with E-state index in [1.54, 1.807) is 20.3 Å². The molecule has 0 aliphatic rings. The summed E-state index contributed by atoms with van der Waals surface area (Å²) < 4.78 is 29.5. The summed E-state index contributed by atoms with van der Waals surface area (Å²) >= 11 is 0. The van der Waals surface area contributed by atoms with Crippen LogP contribution in [0.5, 0.6) is 0 Å². The van der Waals surface area contributed by atoms with Crippen molar-refractivity contribution in [1.29, 1.82) is 0 Å². The van der Waals surface area contributed by atoms with Gasteiger partial charge in [-0.05, 0) is 18.6 Å². The molecule has 5 nitrogen and oxygen atoms in total. The van der Waals surface area contributed by atoms with E-state index in [0.717, 1.165) is 24.9 Å². The highest BCUT2D eigenvalue weighted by molar-refractivity contribution is 7.87. The van der Waals surface area contributed by atoms with Crippen LogP contribution in [0.4, 0.5) is 0 Å². The minimum atomic E-state index is -3.53. The maximum atomic E-state index is 12.5. The van der Waals surface area contributed by atoms with Crippen LogP contribution in [0.25, 0.3) is 11.4 Å². The van der Waals surface area contributed by atoms with Gasteiger partial charge in [0.25, 0.3) is 0 Å². The Bertz CT molecular complexity index is 697. The Labute approximate surface area is 138 Å². The van der Waals surface area contributed by atoms with Gasteiger partial charge in [0.2, 0.25) is 0 Å². The molecule has 0 bridgehead atoms. The highest BCUT2D eigenvalue weighted by atomic mass is 35.5. The van der Waals surface area contributed by atoms with Gasteiger partial charge < -0.3 is 12.4 Å². The Morgan fingerprint density at radius 1 is 1.18 bits per heavy atom. The van der Waals surface area contributed by atoms with Gasteiger partial charge in [-0.3, -0.25) is 0 Å². The summed E-state index contributed by atoms with van der Waals surface area (Å²) in [6.45, 7) is 2.92. The summed E-state index contributed by atoms with van der Waals surface area (Å²) in [6, 6.07) is 9.62. The monoisotopic (exact) mass is 343 g/mol. The van der Waals surface area contributed by atoms with E-state index in [1.165, 1.54) is 8.28 Å². The van der Waals surface area contributed by atoms with Gasteiger partial charge in [-0.1, -0.05) is 31.5 Å². The molecule has 1 aromatic carbocycles. The minimum absolute atomic E-state index is 0. The van der Waals surface area contributed by atoms with Gasteiger partial charge in [0.15, 0.2) is 0 Å². The van der Waals surface area contributed by atoms with Gasteiger partial charge in [-0.15, -0.1) is 3.97 Å². The number of aryl methyl sites for hydroxylation is 1. The van der Waals surface area contributed by atoms with E-state index >= 15 is 0 Å². The maximum Gasteiger partial charge on any atom is 0.379 e. The topological polar surface area (TPSA) is 46.2 Å². The van der Waals surface area contributed by atoms with Crippen molar-refractivity contribution >= 4 is 10.2 Å². The molecule has 122 valence electrons. The highest BCUT2D eigenvalue weighted by Crippen LogP contribution is 2.18. The van der Waals surface area contributed by atoms with Crippen molar-refractivity contribution < 1.29 is 25.4 Å². The number of halogens is 1. The Hall–Kier alpha value is -1.37. The molecular weight excluding hydrogens is 322 g/mol. The third kappa shape index (κ3) is 3.69. The summed E-state index contributed by atoms with van der Waals surface area (Å²) in [5.74, 6) is 0.692. The van der Waals surface area contributed by atoms with Gasteiger partial charge >= 0.3 is 16.0 Å². The first kappa shape index (κ1) is 18.7. The van der Waals surface area contributed by atoms with Crippen LogP contribution in [0.3, 0.4) is 0 Å². The molecule has 2 rings (SSSR count). The lowest BCUT2D eigenvalue weighted by molar-refractivity contribution is -0.685. The molecule has 0 spiro atoms. The second-order valence-corrected chi connectivity index (χ2v) is 7.14. The SMILES string of the molecule is CCCC[n+]1ccn(S(=O)(=O)N(C)C)c1-c1ccccc1.[Cl-]. The standard InChI is InChI=1S/C15H22N3O2S.ClH/c1-4-5-11-17-12-13-18(21(19,20)16(2)3)15(17)14-9-7-6-8-10-14;/h6-10,12-13H,4-5,11H2,1-3H3;1H/q+1;/p-1. The largest absolute Gasteiger partial charge is 1.00 e. The van der Waals surface area contributed by atoms with Crippen molar-refractivity contribution in [2.75, 3.05) is 14.1 Å². The quantitative estimate of drug-likeness (QED) is 0.625. The number of unbranched alkanes of at least 4 members (excludes halogenated alkanes) is 1. The average Bonchev–Trinajstić information content (AvgIpc) is 2.90. The van der Waals surface area contributed by atoms with E-state index in [-0.39, 0.29) is 12.4 Å². The van der Waals surface area contributed by atoms with Crippen LogP contribution in [-0.2, 0) is 16.8 Å². The average molecular weight is 344 g/mol. The van der Waals surface area contributed by atoms with Gasteiger partial charge in [-0.2, -0.15) is 12.7 Å². The minimum Gasteiger partial charge on any atom is -1.00 e. The van der Waals surface area contributed by atoms with Crippen molar-refractivity contribution in [2.45, 2.75) is 26.3 Å². The fourth-order valence-corrected chi connectivity index (χ4v) is 3.15. The molecule has 1 heterocycles. The molecule has 0 atom stereocenters. The van der Waals surface area contributed by atoms with Crippen LogP contribution in [0, 0.1) is 0 Å². The summed E-state index contributed by atoms with van der Waals surface area (Å²) in [4.78, 5) is 0. The Balaban J connectivity index is 0.00000242. The predicted molar refractivity (Wildman–Crippen MR) is 83.0 cm³/mol. The van der Waals surface area contributed by atoms with Crippen molar-refractivity contribution in [3.8, 4) is 11.4 Å². The summed E-state index contributed by atoms with van der Waals surface area (Å²) in [7, 11) is -0.446. The van der Waals surface area contributed by atoms with Crippen molar-refractivity contribution in [1.82, 2.24) is 8.28 Å². The van der Waals surface area contributed by atoms with Crippen molar-refractivity contribution in [3.05, 3.63) is 42.7 Å². The van der Waals surface area contributed by atoms with Crippen molar-refractivity contribution in [2.24, 2.45) is 0 Å². The number of imidazole rings is 1. The van der Waals surface area contributed by atoms with Crippen LogP contribution < -0.4 is 17.0 Å². The molecule has 0 fully saturated rings. The lowest BCUT2D eigenvalue weighted by Crippen LogP contribution is -3.00. The molecule has 7 heteroatoms. The molecule has 1 aromatic heterocycles. The number of aromatic nitrogens is 2. The zero-order chi connectivity index (χ0) is 15.5. The van der Waals surface area contributed by atoms with Crippen LogP contribution in [-0.4, -0.2) is 30.8 Å². The fraction of sp³-hybridized carbons (Fsp3) is 0.400. The number of rotatable bonds is 6. The maximum absolute atomic E-state index is 12.5. The zero-order valence-electron chi connectivity index (χ0n) is 13.1. The van der Waals surface area contributed by atoms with Gasteiger partial charge in [0.1, 0.15) is 12.4 Å². The molecule has 0 amide bonds. The Morgan fingerprint density at radius 3 is 2.36 bits per heavy atom. The van der Waals surface area contributed by atoms with E-state index in [1.807, 2.05) is 41.1 Å². The third-order valence-corrected chi connectivity index (χ3v) is 5.07.